The molecule has 10 heavy (non-hydrogen) atoms. The van der Waals surface area contributed by atoms with Crippen LogP contribution in [0.4, 0.5) is 8.78 Å². The van der Waals surface area contributed by atoms with Crippen LogP contribution in [0.25, 0.3) is 0 Å². The number of morpholine rings is 1. The molecule has 0 aliphatic carbocycles. The number of halogens is 2. The van der Waals surface area contributed by atoms with Gasteiger partial charge in [0, 0.05) is 6.54 Å². The highest BCUT2D eigenvalue weighted by atomic mass is 19.3. The lowest BCUT2D eigenvalue weighted by atomic mass is 10.5. The van der Waals surface area contributed by atoms with Crippen molar-refractivity contribution in [2.45, 2.75) is 20.0 Å². The second kappa shape index (κ2) is 4.57. The van der Waals surface area contributed by atoms with E-state index in [1.165, 1.54) is 0 Å². The first kappa shape index (κ1) is 9.78. The van der Waals surface area contributed by atoms with Crippen molar-refractivity contribution in [3.63, 3.8) is 0 Å². The smallest absolute Gasteiger partial charge is 0.318 e. The molecule has 2 nitrogen and oxygen atoms in total. The van der Waals surface area contributed by atoms with E-state index in [1.807, 2.05) is 13.8 Å². The Morgan fingerprint density at radius 3 is 2.20 bits per heavy atom. The Kier molecular flexibility index (Phi) is 4.47. The van der Waals surface area contributed by atoms with Gasteiger partial charge in [0.1, 0.15) is 0 Å². The van der Waals surface area contributed by atoms with Gasteiger partial charge >= 0.3 is 6.11 Å². The lowest BCUT2D eigenvalue weighted by Crippen LogP contribution is -2.43. The summed E-state index contributed by atoms with van der Waals surface area (Å²) in [4.78, 5) is 0. The van der Waals surface area contributed by atoms with Crippen molar-refractivity contribution in [3.05, 3.63) is 0 Å². The van der Waals surface area contributed by atoms with Crippen molar-refractivity contribution in [2.75, 3.05) is 19.7 Å². The molecule has 4 heteroatoms. The average molecular weight is 153 g/mol. The molecule has 1 rings (SSSR count). The predicted molar refractivity (Wildman–Crippen MR) is 35.1 cm³/mol. The monoisotopic (exact) mass is 153 g/mol. The number of hydrogen-bond acceptors (Lipinski definition) is 2. The summed E-state index contributed by atoms with van der Waals surface area (Å²) in [5.41, 5.74) is 0. The molecular formula is C6H13F2NO. The van der Waals surface area contributed by atoms with Gasteiger partial charge in [-0.25, -0.2) is 0 Å². The summed E-state index contributed by atoms with van der Waals surface area (Å²) >= 11 is 0. The Hall–Kier alpha value is -0.220. The van der Waals surface area contributed by atoms with Crippen LogP contribution in [0.1, 0.15) is 13.8 Å². The van der Waals surface area contributed by atoms with Gasteiger partial charge in [0.25, 0.3) is 0 Å². The van der Waals surface area contributed by atoms with Crippen LogP contribution in [0, 0.1) is 0 Å². The first-order valence-corrected chi connectivity index (χ1v) is 3.43. The molecule has 62 valence electrons. The molecule has 1 heterocycles. The number of ether oxygens (including phenoxy) is 1. The zero-order valence-corrected chi connectivity index (χ0v) is 6.29. The van der Waals surface area contributed by atoms with Gasteiger partial charge in [0.15, 0.2) is 0 Å². The average Bonchev–Trinajstić information content (AvgIpc) is 1.92. The van der Waals surface area contributed by atoms with E-state index in [2.05, 4.69) is 10.1 Å². The molecule has 0 spiro atoms. The van der Waals surface area contributed by atoms with Crippen LogP contribution in [0.15, 0.2) is 0 Å². The third-order valence-corrected chi connectivity index (χ3v) is 0.923. The van der Waals surface area contributed by atoms with E-state index >= 15 is 0 Å². The molecule has 0 atom stereocenters. The van der Waals surface area contributed by atoms with E-state index < -0.39 is 6.11 Å². The molecule has 1 N–H and O–H groups in total. The largest absolute Gasteiger partial charge is 0.368 e. The van der Waals surface area contributed by atoms with E-state index in [4.69, 9.17) is 0 Å². The van der Waals surface area contributed by atoms with E-state index in [1.54, 1.807) is 0 Å². The molecule has 0 saturated carbocycles. The number of alkyl halides is 2. The number of rotatable bonds is 0. The van der Waals surface area contributed by atoms with Gasteiger partial charge in [0.2, 0.25) is 0 Å². The maximum absolute atomic E-state index is 11.9. The predicted octanol–water partition coefficient (Wildman–Crippen LogP) is 1.23. The minimum atomic E-state index is -2.93. The van der Waals surface area contributed by atoms with Crippen molar-refractivity contribution in [2.24, 2.45) is 0 Å². The van der Waals surface area contributed by atoms with Crippen molar-refractivity contribution in [1.82, 2.24) is 5.32 Å². The molecule has 0 aromatic carbocycles. The van der Waals surface area contributed by atoms with Crippen LogP contribution in [0.2, 0.25) is 0 Å². The maximum Gasteiger partial charge on any atom is 0.368 e. The fourth-order valence-corrected chi connectivity index (χ4v) is 0.557. The topological polar surface area (TPSA) is 21.3 Å². The summed E-state index contributed by atoms with van der Waals surface area (Å²) in [6.45, 7) is 4.27. The fourth-order valence-electron chi connectivity index (χ4n) is 0.557. The Bertz CT molecular complexity index is 79.8. The molecule has 0 unspecified atom stereocenters. The summed E-state index contributed by atoms with van der Waals surface area (Å²) in [6.07, 6.45) is -2.93. The molecule has 0 aromatic heterocycles. The molecular weight excluding hydrogens is 140 g/mol. The Balaban J connectivity index is 0.000000371. The standard InChI is InChI=1S/C4H7F2NO.C2H6/c5-4(6)3-7-1-2-8-4;1-2/h7H,1-3H2;1-2H3. The van der Waals surface area contributed by atoms with Crippen molar-refractivity contribution in [1.29, 1.82) is 0 Å². The number of nitrogens with one attached hydrogen (secondary N) is 1. The Morgan fingerprint density at radius 1 is 1.40 bits per heavy atom. The fraction of sp³-hybridized carbons (Fsp3) is 1.00. The summed E-state index contributed by atoms with van der Waals surface area (Å²) in [7, 11) is 0. The zero-order chi connectivity index (χ0) is 8.04. The lowest BCUT2D eigenvalue weighted by Gasteiger charge is -2.21. The molecule has 1 aliphatic heterocycles. The first-order valence-electron chi connectivity index (χ1n) is 3.43. The minimum absolute atomic E-state index is 0.104. The molecule has 1 fully saturated rings. The third kappa shape index (κ3) is 3.74. The number of hydrogen-bond donors (Lipinski definition) is 1. The van der Waals surface area contributed by atoms with Crippen molar-refractivity contribution >= 4 is 0 Å². The van der Waals surface area contributed by atoms with Crippen LogP contribution in [0.5, 0.6) is 0 Å². The normalized spacial score (nSPS) is 22.8. The van der Waals surface area contributed by atoms with E-state index in [-0.39, 0.29) is 13.2 Å². The molecule has 1 saturated heterocycles. The highest BCUT2D eigenvalue weighted by Gasteiger charge is 2.31. The van der Waals surface area contributed by atoms with Crippen LogP contribution in [-0.4, -0.2) is 25.8 Å². The van der Waals surface area contributed by atoms with Gasteiger partial charge in [-0.2, -0.15) is 8.78 Å². The summed E-state index contributed by atoms with van der Waals surface area (Å²) in [5, 5.41) is 2.50. The van der Waals surface area contributed by atoms with Crippen LogP contribution < -0.4 is 5.32 Å². The van der Waals surface area contributed by atoms with Crippen LogP contribution in [-0.2, 0) is 4.74 Å². The Morgan fingerprint density at radius 2 is 2.00 bits per heavy atom. The molecule has 0 radical (unpaired) electrons. The van der Waals surface area contributed by atoms with E-state index in [9.17, 15) is 8.78 Å². The van der Waals surface area contributed by atoms with Gasteiger partial charge in [-0.1, -0.05) is 13.8 Å². The third-order valence-electron chi connectivity index (χ3n) is 0.923. The summed E-state index contributed by atoms with van der Waals surface area (Å²) in [6, 6.07) is 0. The highest BCUT2D eigenvalue weighted by molar-refractivity contribution is 4.62. The maximum atomic E-state index is 11.9. The lowest BCUT2D eigenvalue weighted by molar-refractivity contribution is -0.246. The summed E-state index contributed by atoms with van der Waals surface area (Å²) in [5.74, 6) is 0. The zero-order valence-electron chi connectivity index (χ0n) is 6.29. The van der Waals surface area contributed by atoms with Gasteiger partial charge in [-0.3, -0.25) is 0 Å². The van der Waals surface area contributed by atoms with E-state index in [0.29, 0.717) is 6.54 Å². The van der Waals surface area contributed by atoms with Gasteiger partial charge in [0.05, 0.1) is 13.2 Å². The molecule has 1 aliphatic rings. The molecule has 0 bridgehead atoms. The van der Waals surface area contributed by atoms with Crippen molar-refractivity contribution < 1.29 is 13.5 Å². The Labute approximate surface area is 59.6 Å². The van der Waals surface area contributed by atoms with Crippen LogP contribution in [0.3, 0.4) is 0 Å². The minimum Gasteiger partial charge on any atom is -0.318 e. The highest BCUT2D eigenvalue weighted by Crippen LogP contribution is 2.15. The molecule has 0 amide bonds. The van der Waals surface area contributed by atoms with Gasteiger partial charge < -0.3 is 10.1 Å². The second-order valence-electron chi connectivity index (χ2n) is 1.66. The van der Waals surface area contributed by atoms with Crippen molar-refractivity contribution in [3.8, 4) is 0 Å². The summed E-state index contributed by atoms with van der Waals surface area (Å²) < 4.78 is 27.9. The second-order valence-corrected chi connectivity index (χ2v) is 1.66. The van der Waals surface area contributed by atoms with Gasteiger partial charge in [-0.15, -0.1) is 0 Å². The van der Waals surface area contributed by atoms with Crippen LogP contribution >= 0.6 is 0 Å². The quantitative estimate of drug-likeness (QED) is 0.565. The van der Waals surface area contributed by atoms with E-state index in [0.717, 1.165) is 0 Å². The van der Waals surface area contributed by atoms with Gasteiger partial charge in [-0.05, 0) is 0 Å². The SMILES string of the molecule is CC.FC1(F)CNCCO1. The first-order chi connectivity index (χ1) is 4.71. The molecule has 0 aromatic rings.